The van der Waals surface area contributed by atoms with Gasteiger partial charge in [-0.1, -0.05) is 0 Å². The first-order chi connectivity index (χ1) is 7.56. The summed E-state index contributed by atoms with van der Waals surface area (Å²) < 4.78 is 1.63. The summed E-state index contributed by atoms with van der Waals surface area (Å²) in [6.07, 6.45) is 1.86. The maximum Gasteiger partial charge on any atom is 0.326 e. The van der Waals surface area contributed by atoms with Gasteiger partial charge in [0.1, 0.15) is 18.2 Å². The van der Waals surface area contributed by atoms with Gasteiger partial charge >= 0.3 is 5.97 Å². The minimum atomic E-state index is -1.09. The molecular formula is C9H14N4O3. The van der Waals surface area contributed by atoms with Crippen LogP contribution in [0.15, 0.2) is 6.33 Å². The Bertz CT molecular complexity index is 375. The number of hydrogen-bond donors (Lipinski definition) is 2. The summed E-state index contributed by atoms with van der Waals surface area (Å²) in [5.74, 6) is -0.554. The maximum absolute atomic E-state index is 10.8. The number of nitrogens with one attached hydrogen (secondary N) is 1. The SMILES string of the molecule is CC(C)n1ncnc1CC(NC=O)C(=O)O. The van der Waals surface area contributed by atoms with Crippen LogP contribution in [0, 0.1) is 0 Å². The summed E-state index contributed by atoms with van der Waals surface area (Å²) in [6.45, 7) is 3.84. The summed E-state index contributed by atoms with van der Waals surface area (Å²) in [5.41, 5.74) is 0. The van der Waals surface area contributed by atoms with Crippen molar-refractivity contribution in [1.82, 2.24) is 20.1 Å². The van der Waals surface area contributed by atoms with Crippen molar-refractivity contribution in [2.45, 2.75) is 32.4 Å². The molecule has 1 unspecified atom stereocenters. The number of amides is 1. The van der Waals surface area contributed by atoms with E-state index in [1.54, 1.807) is 4.68 Å². The van der Waals surface area contributed by atoms with Crippen LogP contribution in [-0.4, -0.2) is 38.3 Å². The Morgan fingerprint density at radius 1 is 1.69 bits per heavy atom. The molecule has 1 rings (SSSR count). The molecule has 0 fully saturated rings. The van der Waals surface area contributed by atoms with Gasteiger partial charge in [-0.25, -0.2) is 14.5 Å². The van der Waals surface area contributed by atoms with Crippen LogP contribution in [0.2, 0.25) is 0 Å². The van der Waals surface area contributed by atoms with E-state index in [2.05, 4.69) is 15.4 Å². The number of aromatic nitrogens is 3. The van der Waals surface area contributed by atoms with E-state index in [-0.39, 0.29) is 12.5 Å². The maximum atomic E-state index is 10.8. The van der Waals surface area contributed by atoms with E-state index in [1.807, 2.05) is 13.8 Å². The molecule has 7 heteroatoms. The summed E-state index contributed by atoms with van der Waals surface area (Å²) in [6, 6.07) is -0.873. The minimum absolute atomic E-state index is 0.100. The van der Waals surface area contributed by atoms with Gasteiger partial charge in [0.25, 0.3) is 0 Å². The van der Waals surface area contributed by atoms with Crippen LogP contribution in [0.4, 0.5) is 0 Å². The number of carbonyl (C=O) groups is 2. The van der Waals surface area contributed by atoms with Gasteiger partial charge in [0.15, 0.2) is 0 Å². The molecule has 0 aromatic carbocycles. The Labute approximate surface area is 92.5 Å². The van der Waals surface area contributed by atoms with E-state index in [0.29, 0.717) is 12.2 Å². The highest BCUT2D eigenvalue weighted by molar-refractivity contribution is 5.76. The predicted octanol–water partition coefficient (Wildman–Crippen LogP) is -0.399. The Balaban J connectivity index is 2.80. The van der Waals surface area contributed by atoms with Crippen LogP contribution in [-0.2, 0) is 16.0 Å². The zero-order chi connectivity index (χ0) is 12.1. The van der Waals surface area contributed by atoms with Crippen LogP contribution in [0.1, 0.15) is 25.7 Å². The number of rotatable bonds is 6. The zero-order valence-electron chi connectivity index (χ0n) is 9.12. The Kier molecular flexibility index (Phi) is 3.98. The molecule has 1 aromatic rings. The smallest absolute Gasteiger partial charge is 0.326 e. The van der Waals surface area contributed by atoms with Crippen LogP contribution in [0.5, 0.6) is 0 Å². The molecule has 1 amide bonds. The second kappa shape index (κ2) is 5.24. The van der Waals surface area contributed by atoms with Crippen molar-refractivity contribution in [2.24, 2.45) is 0 Å². The summed E-state index contributed by atoms with van der Waals surface area (Å²) in [5, 5.41) is 15.1. The molecule has 0 bridgehead atoms. The lowest BCUT2D eigenvalue weighted by atomic mass is 10.2. The molecule has 88 valence electrons. The predicted molar refractivity (Wildman–Crippen MR) is 54.7 cm³/mol. The highest BCUT2D eigenvalue weighted by Crippen LogP contribution is 2.07. The lowest BCUT2D eigenvalue weighted by molar-refractivity contribution is -0.140. The lowest BCUT2D eigenvalue weighted by Gasteiger charge is -2.13. The molecule has 0 aliphatic heterocycles. The molecule has 0 spiro atoms. The number of carbonyl (C=O) groups excluding carboxylic acids is 1. The number of hydrogen-bond acceptors (Lipinski definition) is 4. The summed E-state index contributed by atoms with van der Waals surface area (Å²) >= 11 is 0. The second-order valence-electron chi connectivity index (χ2n) is 3.59. The quantitative estimate of drug-likeness (QED) is 0.643. The van der Waals surface area contributed by atoms with Crippen molar-refractivity contribution < 1.29 is 14.7 Å². The van der Waals surface area contributed by atoms with E-state index in [1.165, 1.54) is 6.33 Å². The molecule has 1 atom stereocenters. The van der Waals surface area contributed by atoms with Gasteiger partial charge < -0.3 is 10.4 Å². The Hall–Kier alpha value is -1.92. The van der Waals surface area contributed by atoms with E-state index in [9.17, 15) is 9.59 Å². The van der Waals surface area contributed by atoms with Crippen molar-refractivity contribution in [2.75, 3.05) is 0 Å². The normalized spacial score (nSPS) is 12.4. The summed E-state index contributed by atoms with van der Waals surface area (Å²) in [7, 11) is 0. The number of aliphatic carboxylic acids is 1. The van der Waals surface area contributed by atoms with Gasteiger partial charge in [0, 0.05) is 12.5 Å². The van der Waals surface area contributed by atoms with E-state index in [0.717, 1.165) is 0 Å². The number of carboxylic acids is 1. The van der Waals surface area contributed by atoms with E-state index < -0.39 is 12.0 Å². The molecule has 16 heavy (non-hydrogen) atoms. The first-order valence-electron chi connectivity index (χ1n) is 4.87. The van der Waals surface area contributed by atoms with Gasteiger partial charge in [-0.05, 0) is 13.8 Å². The van der Waals surface area contributed by atoms with Gasteiger partial charge in [-0.3, -0.25) is 4.79 Å². The molecule has 0 saturated carbocycles. The highest BCUT2D eigenvalue weighted by atomic mass is 16.4. The molecule has 2 N–H and O–H groups in total. The standard InChI is InChI=1S/C9H14N4O3/c1-6(2)13-8(10-4-12-13)3-7(9(15)16)11-5-14/h4-7H,3H2,1-2H3,(H,11,14)(H,15,16). The van der Waals surface area contributed by atoms with Crippen molar-refractivity contribution in [3.8, 4) is 0 Å². The molecule has 0 aliphatic rings. The van der Waals surface area contributed by atoms with Crippen molar-refractivity contribution in [3.63, 3.8) is 0 Å². The largest absolute Gasteiger partial charge is 0.480 e. The van der Waals surface area contributed by atoms with Gasteiger partial charge in [-0.2, -0.15) is 5.10 Å². The molecule has 0 saturated heterocycles. The van der Waals surface area contributed by atoms with Crippen molar-refractivity contribution in [3.05, 3.63) is 12.2 Å². The fraction of sp³-hybridized carbons (Fsp3) is 0.556. The molecule has 1 heterocycles. The van der Waals surface area contributed by atoms with E-state index in [4.69, 9.17) is 5.11 Å². The van der Waals surface area contributed by atoms with Gasteiger partial charge in [-0.15, -0.1) is 0 Å². The lowest BCUT2D eigenvalue weighted by Crippen LogP contribution is -2.38. The zero-order valence-corrected chi connectivity index (χ0v) is 9.12. The first-order valence-corrected chi connectivity index (χ1v) is 4.87. The average molecular weight is 226 g/mol. The average Bonchev–Trinajstić information content (AvgIpc) is 2.65. The van der Waals surface area contributed by atoms with Gasteiger partial charge in [0.05, 0.1) is 0 Å². The molecule has 1 aromatic heterocycles. The van der Waals surface area contributed by atoms with Crippen LogP contribution < -0.4 is 5.32 Å². The fourth-order valence-electron chi connectivity index (χ4n) is 1.33. The van der Waals surface area contributed by atoms with Crippen LogP contribution >= 0.6 is 0 Å². The molecule has 0 aliphatic carbocycles. The molecule has 0 radical (unpaired) electrons. The van der Waals surface area contributed by atoms with Crippen LogP contribution in [0.25, 0.3) is 0 Å². The highest BCUT2D eigenvalue weighted by Gasteiger charge is 2.20. The molecule has 7 nitrogen and oxygen atoms in total. The van der Waals surface area contributed by atoms with Crippen LogP contribution in [0.3, 0.4) is 0 Å². The number of nitrogens with zero attached hydrogens (tertiary/aromatic N) is 3. The monoisotopic (exact) mass is 226 g/mol. The third-order valence-electron chi connectivity index (χ3n) is 2.09. The fourth-order valence-corrected chi connectivity index (χ4v) is 1.33. The third-order valence-corrected chi connectivity index (χ3v) is 2.09. The first kappa shape index (κ1) is 12.2. The Morgan fingerprint density at radius 3 is 2.88 bits per heavy atom. The number of carboxylic acid groups (broad SMARTS) is 1. The van der Waals surface area contributed by atoms with Crippen molar-refractivity contribution in [1.29, 1.82) is 0 Å². The summed E-state index contributed by atoms with van der Waals surface area (Å²) in [4.78, 5) is 25.0. The van der Waals surface area contributed by atoms with E-state index >= 15 is 0 Å². The topological polar surface area (TPSA) is 97.1 Å². The third kappa shape index (κ3) is 2.78. The van der Waals surface area contributed by atoms with Gasteiger partial charge in [0.2, 0.25) is 6.41 Å². The Morgan fingerprint density at radius 2 is 2.38 bits per heavy atom. The van der Waals surface area contributed by atoms with Crippen molar-refractivity contribution >= 4 is 12.4 Å². The second-order valence-corrected chi connectivity index (χ2v) is 3.59. The molecular weight excluding hydrogens is 212 g/mol. The minimum Gasteiger partial charge on any atom is -0.480 e.